The molecule has 1 heterocycles. The summed E-state index contributed by atoms with van der Waals surface area (Å²) in [5.41, 5.74) is 4.31. The number of hydrogen-bond acceptors (Lipinski definition) is 2. The SMILES string of the molecule is CC(c1ccccc1)N(C)C(=O)c1ccc2c(c1)CCN2. The van der Waals surface area contributed by atoms with Crippen molar-refractivity contribution in [2.24, 2.45) is 0 Å². The number of hydrogen-bond donors (Lipinski definition) is 1. The molecule has 2 aromatic rings. The van der Waals surface area contributed by atoms with Crippen LogP contribution in [-0.4, -0.2) is 24.4 Å². The highest BCUT2D eigenvalue weighted by Gasteiger charge is 2.20. The average molecular weight is 280 g/mol. The van der Waals surface area contributed by atoms with Crippen LogP contribution in [0.25, 0.3) is 0 Å². The Kier molecular flexibility index (Phi) is 3.65. The van der Waals surface area contributed by atoms with Gasteiger partial charge in [0, 0.05) is 24.8 Å². The fourth-order valence-corrected chi connectivity index (χ4v) is 2.77. The first kappa shape index (κ1) is 13.7. The van der Waals surface area contributed by atoms with Gasteiger partial charge in [-0.3, -0.25) is 4.79 Å². The van der Waals surface area contributed by atoms with E-state index in [0.29, 0.717) is 0 Å². The number of nitrogens with one attached hydrogen (secondary N) is 1. The van der Waals surface area contributed by atoms with E-state index in [0.717, 1.165) is 29.8 Å². The standard InChI is InChI=1S/C18H20N2O/c1-13(14-6-4-3-5-7-14)20(2)18(21)16-8-9-17-15(12-16)10-11-19-17/h3-9,12-13,19H,10-11H2,1-2H3. The predicted molar refractivity (Wildman–Crippen MR) is 85.6 cm³/mol. The summed E-state index contributed by atoms with van der Waals surface area (Å²) in [5.74, 6) is 0.0704. The van der Waals surface area contributed by atoms with Crippen LogP contribution in [0.15, 0.2) is 48.5 Å². The molecule has 1 N–H and O–H groups in total. The van der Waals surface area contributed by atoms with Crippen LogP contribution in [0.2, 0.25) is 0 Å². The summed E-state index contributed by atoms with van der Waals surface area (Å²) in [6.45, 7) is 3.02. The molecule has 3 heteroatoms. The van der Waals surface area contributed by atoms with Crippen molar-refractivity contribution < 1.29 is 4.79 Å². The van der Waals surface area contributed by atoms with E-state index >= 15 is 0 Å². The Hall–Kier alpha value is -2.29. The lowest BCUT2D eigenvalue weighted by Crippen LogP contribution is -2.29. The van der Waals surface area contributed by atoms with Crippen LogP contribution in [0.3, 0.4) is 0 Å². The molecule has 1 unspecified atom stereocenters. The molecule has 0 spiro atoms. The molecule has 0 bridgehead atoms. The molecule has 0 aromatic heterocycles. The van der Waals surface area contributed by atoms with Gasteiger partial charge in [-0.05, 0) is 42.7 Å². The van der Waals surface area contributed by atoms with Crippen molar-refractivity contribution in [1.29, 1.82) is 0 Å². The summed E-state index contributed by atoms with van der Waals surface area (Å²) in [5, 5.41) is 3.32. The number of amides is 1. The molecule has 108 valence electrons. The zero-order valence-corrected chi connectivity index (χ0v) is 12.5. The number of carbonyl (C=O) groups is 1. The molecular weight excluding hydrogens is 260 g/mol. The minimum Gasteiger partial charge on any atom is -0.384 e. The average Bonchev–Trinajstić information content (AvgIpc) is 3.01. The van der Waals surface area contributed by atoms with Crippen molar-refractivity contribution >= 4 is 11.6 Å². The second-order valence-electron chi connectivity index (χ2n) is 5.55. The maximum absolute atomic E-state index is 12.7. The Balaban J connectivity index is 1.81. The molecule has 21 heavy (non-hydrogen) atoms. The Morgan fingerprint density at radius 2 is 1.95 bits per heavy atom. The zero-order chi connectivity index (χ0) is 14.8. The van der Waals surface area contributed by atoms with Crippen LogP contribution in [0, 0.1) is 0 Å². The van der Waals surface area contributed by atoms with E-state index in [4.69, 9.17) is 0 Å². The van der Waals surface area contributed by atoms with Crippen molar-refractivity contribution in [1.82, 2.24) is 4.90 Å². The van der Waals surface area contributed by atoms with Crippen LogP contribution in [0.1, 0.15) is 34.5 Å². The van der Waals surface area contributed by atoms with E-state index in [1.165, 1.54) is 5.56 Å². The highest BCUT2D eigenvalue weighted by Crippen LogP contribution is 2.25. The smallest absolute Gasteiger partial charge is 0.254 e. The van der Waals surface area contributed by atoms with Gasteiger partial charge in [-0.2, -0.15) is 0 Å². The number of anilines is 1. The molecule has 0 radical (unpaired) electrons. The lowest BCUT2D eigenvalue weighted by molar-refractivity contribution is 0.0742. The summed E-state index contributed by atoms with van der Waals surface area (Å²) >= 11 is 0. The molecule has 0 saturated heterocycles. The Morgan fingerprint density at radius 1 is 1.19 bits per heavy atom. The lowest BCUT2D eigenvalue weighted by atomic mass is 10.0. The normalized spacial score (nSPS) is 14.2. The highest BCUT2D eigenvalue weighted by molar-refractivity contribution is 5.95. The van der Waals surface area contributed by atoms with Crippen molar-refractivity contribution in [3.63, 3.8) is 0 Å². The van der Waals surface area contributed by atoms with Gasteiger partial charge in [-0.1, -0.05) is 30.3 Å². The second kappa shape index (κ2) is 5.60. The number of rotatable bonds is 3. The molecule has 2 aromatic carbocycles. The van der Waals surface area contributed by atoms with Crippen molar-refractivity contribution in [3.8, 4) is 0 Å². The Labute approximate surface area is 125 Å². The monoisotopic (exact) mass is 280 g/mol. The van der Waals surface area contributed by atoms with Crippen LogP contribution >= 0.6 is 0 Å². The molecule has 1 amide bonds. The van der Waals surface area contributed by atoms with Gasteiger partial charge >= 0.3 is 0 Å². The third-order valence-corrected chi connectivity index (χ3v) is 4.25. The third kappa shape index (κ3) is 2.64. The van der Waals surface area contributed by atoms with Crippen LogP contribution in [0.5, 0.6) is 0 Å². The summed E-state index contributed by atoms with van der Waals surface area (Å²) in [6.07, 6.45) is 0.994. The second-order valence-corrected chi connectivity index (χ2v) is 5.55. The van der Waals surface area contributed by atoms with E-state index in [9.17, 15) is 4.79 Å². The first-order chi connectivity index (χ1) is 10.2. The van der Waals surface area contributed by atoms with Gasteiger partial charge in [0.05, 0.1) is 6.04 Å². The topological polar surface area (TPSA) is 32.3 Å². The molecular formula is C18H20N2O. The maximum Gasteiger partial charge on any atom is 0.254 e. The van der Waals surface area contributed by atoms with Crippen molar-refractivity contribution in [2.75, 3.05) is 18.9 Å². The summed E-state index contributed by atoms with van der Waals surface area (Å²) < 4.78 is 0. The molecule has 1 atom stereocenters. The summed E-state index contributed by atoms with van der Waals surface area (Å²) in [6, 6.07) is 16.1. The molecule has 3 rings (SSSR count). The first-order valence-corrected chi connectivity index (χ1v) is 7.35. The minimum absolute atomic E-state index is 0.0603. The Bertz CT molecular complexity index is 652. The van der Waals surface area contributed by atoms with Crippen LogP contribution in [-0.2, 0) is 6.42 Å². The van der Waals surface area contributed by atoms with Gasteiger partial charge in [0.15, 0.2) is 0 Å². The van der Waals surface area contributed by atoms with Crippen LogP contribution < -0.4 is 5.32 Å². The van der Waals surface area contributed by atoms with Gasteiger partial charge < -0.3 is 10.2 Å². The first-order valence-electron chi connectivity index (χ1n) is 7.35. The maximum atomic E-state index is 12.7. The van der Waals surface area contributed by atoms with Crippen molar-refractivity contribution in [3.05, 3.63) is 65.2 Å². The molecule has 1 aliphatic heterocycles. The third-order valence-electron chi connectivity index (χ3n) is 4.25. The van der Waals surface area contributed by atoms with E-state index in [2.05, 4.69) is 24.4 Å². The largest absolute Gasteiger partial charge is 0.384 e. The molecule has 3 nitrogen and oxygen atoms in total. The van der Waals surface area contributed by atoms with E-state index in [1.807, 2.05) is 43.4 Å². The quantitative estimate of drug-likeness (QED) is 0.933. The molecule has 0 saturated carbocycles. The van der Waals surface area contributed by atoms with Gasteiger partial charge in [0.2, 0.25) is 0 Å². The lowest BCUT2D eigenvalue weighted by Gasteiger charge is -2.25. The number of fused-ring (bicyclic) bond motifs is 1. The zero-order valence-electron chi connectivity index (χ0n) is 12.5. The summed E-state index contributed by atoms with van der Waals surface area (Å²) in [4.78, 5) is 14.5. The fourth-order valence-electron chi connectivity index (χ4n) is 2.77. The number of carbonyl (C=O) groups excluding carboxylic acids is 1. The molecule has 0 fully saturated rings. The fraction of sp³-hybridized carbons (Fsp3) is 0.278. The number of benzene rings is 2. The molecule has 0 aliphatic carbocycles. The van der Waals surface area contributed by atoms with Gasteiger partial charge in [0.25, 0.3) is 5.91 Å². The van der Waals surface area contributed by atoms with Gasteiger partial charge in [-0.25, -0.2) is 0 Å². The van der Waals surface area contributed by atoms with Gasteiger partial charge in [-0.15, -0.1) is 0 Å². The summed E-state index contributed by atoms with van der Waals surface area (Å²) in [7, 11) is 1.87. The van der Waals surface area contributed by atoms with E-state index in [1.54, 1.807) is 4.90 Å². The number of nitrogens with zero attached hydrogens (tertiary/aromatic N) is 1. The van der Waals surface area contributed by atoms with E-state index in [-0.39, 0.29) is 11.9 Å². The van der Waals surface area contributed by atoms with Crippen molar-refractivity contribution in [2.45, 2.75) is 19.4 Å². The molecule has 1 aliphatic rings. The minimum atomic E-state index is 0.0603. The predicted octanol–water partition coefficient (Wildman–Crippen LogP) is 3.49. The van der Waals surface area contributed by atoms with Crippen LogP contribution in [0.4, 0.5) is 5.69 Å². The highest BCUT2D eigenvalue weighted by atomic mass is 16.2. The van der Waals surface area contributed by atoms with E-state index < -0.39 is 0 Å². The van der Waals surface area contributed by atoms with Gasteiger partial charge in [0.1, 0.15) is 0 Å². The Morgan fingerprint density at radius 3 is 2.71 bits per heavy atom.